The molecule has 0 aliphatic heterocycles. The first-order valence-electron chi connectivity index (χ1n) is 6.14. The predicted octanol–water partition coefficient (Wildman–Crippen LogP) is 1.30. The highest BCUT2D eigenvalue weighted by atomic mass is 16.5. The Morgan fingerprint density at radius 2 is 1.70 bits per heavy atom. The molecule has 1 unspecified atom stereocenters. The fourth-order valence-corrected chi connectivity index (χ4v) is 1.92. The molecule has 1 aromatic rings. The molecule has 0 amide bonds. The molecular weight excluding hydrogens is 262 g/mol. The van der Waals surface area contributed by atoms with Crippen LogP contribution in [0.1, 0.15) is 12.5 Å². The number of ether oxygens (including phenoxy) is 3. The van der Waals surface area contributed by atoms with E-state index in [0.29, 0.717) is 17.2 Å². The Bertz CT molecular complexity index is 463. The van der Waals surface area contributed by atoms with Gasteiger partial charge in [-0.2, -0.15) is 0 Å². The van der Waals surface area contributed by atoms with Gasteiger partial charge in [0.05, 0.1) is 26.7 Å². The van der Waals surface area contributed by atoms with Crippen LogP contribution >= 0.6 is 0 Å². The predicted molar refractivity (Wildman–Crippen MR) is 74.6 cm³/mol. The third-order valence-corrected chi connectivity index (χ3v) is 3.29. The second-order valence-corrected chi connectivity index (χ2v) is 4.78. The summed E-state index contributed by atoms with van der Waals surface area (Å²) in [5.41, 5.74) is 5.31. The van der Waals surface area contributed by atoms with E-state index in [1.807, 2.05) is 0 Å². The van der Waals surface area contributed by atoms with Crippen LogP contribution in [0.5, 0.6) is 17.2 Å². The molecule has 20 heavy (non-hydrogen) atoms. The standard InChI is InChI=1S/C14H21NO5/c1-14(8-15,13(16)17)7-9-5-10(18-2)12(20-4)11(6-9)19-3/h5-6H,7-8,15H2,1-4H3,(H,16,17). The molecule has 0 aromatic heterocycles. The Balaban J connectivity index is 3.23. The van der Waals surface area contributed by atoms with Crippen molar-refractivity contribution in [2.24, 2.45) is 11.1 Å². The van der Waals surface area contributed by atoms with Crippen molar-refractivity contribution in [2.45, 2.75) is 13.3 Å². The molecule has 0 fully saturated rings. The Morgan fingerprint density at radius 1 is 1.20 bits per heavy atom. The molecule has 0 aliphatic rings. The first-order valence-corrected chi connectivity index (χ1v) is 6.14. The van der Waals surface area contributed by atoms with Crippen LogP contribution in [0.15, 0.2) is 12.1 Å². The summed E-state index contributed by atoms with van der Waals surface area (Å²) in [7, 11) is 4.54. The highest BCUT2D eigenvalue weighted by Gasteiger charge is 2.32. The largest absolute Gasteiger partial charge is 0.493 e. The summed E-state index contributed by atoms with van der Waals surface area (Å²) >= 11 is 0. The van der Waals surface area contributed by atoms with Gasteiger partial charge in [-0.05, 0) is 31.0 Å². The fourth-order valence-electron chi connectivity index (χ4n) is 1.92. The van der Waals surface area contributed by atoms with Crippen molar-refractivity contribution in [3.05, 3.63) is 17.7 Å². The maximum atomic E-state index is 11.3. The second kappa shape index (κ2) is 6.47. The van der Waals surface area contributed by atoms with Crippen LogP contribution in [0.25, 0.3) is 0 Å². The van der Waals surface area contributed by atoms with E-state index in [1.165, 1.54) is 21.3 Å². The Labute approximate surface area is 118 Å². The lowest BCUT2D eigenvalue weighted by molar-refractivity contribution is -0.147. The summed E-state index contributed by atoms with van der Waals surface area (Å²) in [5, 5.41) is 9.28. The van der Waals surface area contributed by atoms with Gasteiger partial charge in [-0.15, -0.1) is 0 Å². The van der Waals surface area contributed by atoms with Gasteiger partial charge in [-0.25, -0.2) is 0 Å². The average Bonchev–Trinajstić information content (AvgIpc) is 2.45. The first kappa shape index (κ1) is 16.1. The number of hydrogen-bond donors (Lipinski definition) is 2. The molecule has 1 atom stereocenters. The SMILES string of the molecule is COc1cc(CC(C)(CN)C(=O)O)cc(OC)c1OC. The van der Waals surface area contributed by atoms with Crippen LogP contribution in [0.3, 0.4) is 0 Å². The van der Waals surface area contributed by atoms with E-state index in [4.69, 9.17) is 19.9 Å². The molecule has 0 saturated carbocycles. The normalized spacial score (nSPS) is 13.4. The summed E-state index contributed by atoms with van der Waals surface area (Å²) in [6, 6.07) is 3.47. The monoisotopic (exact) mass is 283 g/mol. The van der Waals surface area contributed by atoms with Crippen molar-refractivity contribution in [3.63, 3.8) is 0 Å². The number of carbonyl (C=O) groups is 1. The van der Waals surface area contributed by atoms with Gasteiger partial charge in [-0.3, -0.25) is 4.79 Å². The molecule has 1 aromatic carbocycles. The lowest BCUT2D eigenvalue weighted by Crippen LogP contribution is -2.37. The van der Waals surface area contributed by atoms with Crippen LogP contribution in [0, 0.1) is 5.41 Å². The molecule has 6 nitrogen and oxygen atoms in total. The Morgan fingerprint density at radius 3 is 2.00 bits per heavy atom. The lowest BCUT2D eigenvalue weighted by Gasteiger charge is -2.23. The van der Waals surface area contributed by atoms with Crippen LogP contribution in [-0.4, -0.2) is 38.9 Å². The summed E-state index contributed by atoms with van der Waals surface area (Å²) < 4.78 is 15.7. The second-order valence-electron chi connectivity index (χ2n) is 4.78. The number of carboxylic acids is 1. The van der Waals surface area contributed by atoms with Crippen molar-refractivity contribution >= 4 is 5.97 Å². The van der Waals surface area contributed by atoms with Gasteiger partial charge >= 0.3 is 5.97 Å². The van der Waals surface area contributed by atoms with Gasteiger partial charge in [0, 0.05) is 6.54 Å². The van der Waals surface area contributed by atoms with E-state index in [-0.39, 0.29) is 13.0 Å². The molecule has 1 rings (SSSR count). The molecule has 0 spiro atoms. The molecule has 0 aliphatic carbocycles. The smallest absolute Gasteiger partial charge is 0.310 e. The third-order valence-electron chi connectivity index (χ3n) is 3.29. The number of aliphatic carboxylic acids is 1. The Hall–Kier alpha value is -1.95. The number of nitrogens with two attached hydrogens (primary N) is 1. The van der Waals surface area contributed by atoms with Crippen molar-refractivity contribution in [1.29, 1.82) is 0 Å². The molecule has 3 N–H and O–H groups in total. The highest BCUT2D eigenvalue weighted by Crippen LogP contribution is 2.39. The van der Waals surface area contributed by atoms with Crippen molar-refractivity contribution in [1.82, 2.24) is 0 Å². The first-order chi connectivity index (χ1) is 9.41. The summed E-state index contributed by atoms with van der Waals surface area (Å²) in [5.74, 6) is 0.524. The zero-order chi connectivity index (χ0) is 15.3. The van der Waals surface area contributed by atoms with E-state index in [9.17, 15) is 9.90 Å². The van der Waals surface area contributed by atoms with Gasteiger partial charge in [0.1, 0.15) is 0 Å². The molecule has 0 radical (unpaired) electrons. The summed E-state index contributed by atoms with van der Waals surface area (Å²) in [6.45, 7) is 1.65. The Kier molecular flexibility index (Phi) is 5.21. The van der Waals surface area contributed by atoms with Crippen LogP contribution in [-0.2, 0) is 11.2 Å². The molecule has 0 saturated heterocycles. The average molecular weight is 283 g/mol. The van der Waals surface area contributed by atoms with E-state index < -0.39 is 11.4 Å². The van der Waals surface area contributed by atoms with Gasteiger partial charge in [0.2, 0.25) is 5.75 Å². The third kappa shape index (κ3) is 3.14. The molecule has 6 heteroatoms. The van der Waals surface area contributed by atoms with E-state index in [0.717, 1.165) is 5.56 Å². The minimum absolute atomic E-state index is 0.0407. The van der Waals surface area contributed by atoms with Gasteiger partial charge in [0.25, 0.3) is 0 Å². The number of carboxylic acid groups (broad SMARTS) is 1. The van der Waals surface area contributed by atoms with Crippen LogP contribution in [0.2, 0.25) is 0 Å². The quantitative estimate of drug-likeness (QED) is 0.784. The number of rotatable bonds is 7. The molecule has 112 valence electrons. The lowest BCUT2D eigenvalue weighted by atomic mass is 9.83. The van der Waals surface area contributed by atoms with Gasteiger partial charge in [-0.1, -0.05) is 0 Å². The molecule has 0 heterocycles. The van der Waals surface area contributed by atoms with Crippen molar-refractivity contribution < 1.29 is 24.1 Å². The van der Waals surface area contributed by atoms with Crippen molar-refractivity contribution in [2.75, 3.05) is 27.9 Å². The van der Waals surface area contributed by atoms with E-state index >= 15 is 0 Å². The van der Waals surface area contributed by atoms with E-state index in [2.05, 4.69) is 0 Å². The molecule has 0 bridgehead atoms. The zero-order valence-electron chi connectivity index (χ0n) is 12.2. The van der Waals surface area contributed by atoms with E-state index in [1.54, 1.807) is 19.1 Å². The minimum Gasteiger partial charge on any atom is -0.493 e. The fraction of sp³-hybridized carbons (Fsp3) is 0.500. The topological polar surface area (TPSA) is 91.0 Å². The number of hydrogen-bond acceptors (Lipinski definition) is 5. The van der Waals surface area contributed by atoms with Gasteiger partial charge in [0.15, 0.2) is 11.5 Å². The zero-order valence-corrected chi connectivity index (χ0v) is 12.2. The number of methoxy groups -OCH3 is 3. The van der Waals surface area contributed by atoms with Crippen LogP contribution < -0.4 is 19.9 Å². The minimum atomic E-state index is -1.04. The molecular formula is C14H21NO5. The number of benzene rings is 1. The van der Waals surface area contributed by atoms with Gasteiger partial charge < -0.3 is 25.1 Å². The maximum absolute atomic E-state index is 11.3. The summed E-state index contributed by atoms with van der Waals surface area (Å²) in [6.07, 6.45) is 0.273. The maximum Gasteiger partial charge on any atom is 0.310 e. The van der Waals surface area contributed by atoms with Crippen molar-refractivity contribution in [3.8, 4) is 17.2 Å². The highest BCUT2D eigenvalue weighted by molar-refractivity contribution is 5.75. The van der Waals surface area contributed by atoms with Crippen LogP contribution in [0.4, 0.5) is 0 Å². The summed E-state index contributed by atoms with van der Waals surface area (Å²) in [4.78, 5) is 11.3.